The molecule has 0 aromatic heterocycles. The fourth-order valence-electron chi connectivity index (χ4n) is 3.23. The molecule has 162 valence electrons. The van der Waals surface area contributed by atoms with Crippen LogP contribution in [0.5, 0.6) is 5.75 Å². The molecule has 0 fully saturated rings. The average molecular weight is 471 g/mol. The Bertz CT molecular complexity index is 1640. The number of hydrogen-bond donors (Lipinski definition) is 2. The third-order valence-electron chi connectivity index (χ3n) is 4.72. The van der Waals surface area contributed by atoms with E-state index in [0.717, 1.165) is 29.0 Å². The van der Waals surface area contributed by atoms with Crippen molar-refractivity contribution in [2.45, 2.75) is 9.79 Å². The van der Waals surface area contributed by atoms with Crippen LogP contribution in [-0.4, -0.2) is 26.5 Å². The SMILES string of the molecule is O=NS(=O)(=O)c1ccc2c(N=Nc3cccc4ccccc34)c(O)c(S(=O)(=O)O)cc2c1. The van der Waals surface area contributed by atoms with Crippen LogP contribution < -0.4 is 0 Å². The molecule has 0 amide bonds. The van der Waals surface area contributed by atoms with Crippen molar-refractivity contribution >= 4 is 53.1 Å². The van der Waals surface area contributed by atoms with E-state index in [1.165, 1.54) is 6.07 Å². The zero-order valence-corrected chi connectivity index (χ0v) is 17.6. The molecule has 0 atom stereocenters. The summed E-state index contributed by atoms with van der Waals surface area (Å²) in [5, 5.41) is 20.4. The molecule has 0 bridgehead atoms. The highest BCUT2D eigenvalue weighted by molar-refractivity contribution is 7.90. The summed E-state index contributed by atoms with van der Waals surface area (Å²) in [4.78, 5) is 9.24. The topological polar surface area (TPSA) is 163 Å². The normalized spacial score (nSPS) is 12.5. The maximum absolute atomic E-state index is 11.8. The molecule has 0 aliphatic rings. The van der Waals surface area contributed by atoms with Gasteiger partial charge in [0.15, 0.2) is 5.75 Å². The predicted molar refractivity (Wildman–Crippen MR) is 117 cm³/mol. The minimum atomic E-state index is -4.91. The molecule has 4 aromatic carbocycles. The molecule has 4 aromatic rings. The Morgan fingerprint density at radius 1 is 0.750 bits per heavy atom. The average Bonchev–Trinajstić information content (AvgIpc) is 2.77. The predicted octanol–water partition coefficient (Wildman–Crippen LogP) is 4.82. The Morgan fingerprint density at radius 2 is 1.47 bits per heavy atom. The van der Waals surface area contributed by atoms with E-state index in [1.54, 1.807) is 24.3 Å². The lowest BCUT2D eigenvalue weighted by atomic mass is 10.1. The van der Waals surface area contributed by atoms with Gasteiger partial charge in [0.25, 0.3) is 10.1 Å². The first-order valence-electron chi connectivity index (χ1n) is 8.88. The zero-order chi connectivity index (χ0) is 23.1. The summed E-state index contributed by atoms with van der Waals surface area (Å²) in [6.07, 6.45) is 0. The molecule has 0 heterocycles. The van der Waals surface area contributed by atoms with Crippen molar-refractivity contribution in [2.75, 3.05) is 0 Å². The lowest BCUT2D eigenvalue weighted by molar-refractivity contribution is 0.445. The molecular weight excluding hydrogens is 458 g/mol. The van der Waals surface area contributed by atoms with Crippen LogP contribution in [0.3, 0.4) is 0 Å². The van der Waals surface area contributed by atoms with Gasteiger partial charge in [-0.1, -0.05) is 42.5 Å². The Hall–Kier alpha value is -3.74. The van der Waals surface area contributed by atoms with Gasteiger partial charge in [-0.25, -0.2) is 0 Å². The van der Waals surface area contributed by atoms with E-state index in [-0.39, 0.29) is 16.5 Å². The van der Waals surface area contributed by atoms with Crippen LogP contribution in [0.25, 0.3) is 21.5 Å². The maximum atomic E-state index is 11.8. The maximum Gasteiger partial charge on any atom is 0.316 e. The molecule has 32 heavy (non-hydrogen) atoms. The molecule has 0 aliphatic carbocycles. The second-order valence-electron chi connectivity index (χ2n) is 6.68. The first-order valence-corrected chi connectivity index (χ1v) is 11.8. The second kappa shape index (κ2) is 7.75. The number of benzene rings is 4. The van der Waals surface area contributed by atoms with Crippen molar-refractivity contribution in [3.63, 3.8) is 0 Å². The highest BCUT2D eigenvalue weighted by atomic mass is 32.2. The summed E-state index contributed by atoms with van der Waals surface area (Å²) >= 11 is 0. The van der Waals surface area contributed by atoms with Gasteiger partial charge >= 0.3 is 10.0 Å². The van der Waals surface area contributed by atoms with Crippen molar-refractivity contribution < 1.29 is 26.5 Å². The van der Waals surface area contributed by atoms with Crippen LogP contribution in [0.1, 0.15) is 0 Å². The zero-order valence-electron chi connectivity index (χ0n) is 15.9. The number of phenolic OH excluding ortho intramolecular Hbond substituents is 1. The minimum absolute atomic E-state index is 0.0352. The minimum Gasteiger partial charge on any atom is -0.504 e. The van der Waals surface area contributed by atoms with Crippen LogP contribution in [0.4, 0.5) is 11.4 Å². The molecule has 2 N–H and O–H groups in total. The number of nitroso groups, excluding NO2 is 1. The largest absolute Gasteiger partial charge is 0.504 e. The molecule has 0 saturated carbocycles. The number of hydrogen-bond acceptors (Lipinski definition) is 8. The van der Waals surface area contributed by atoms with Gasteiger partial charge < -0.3 is 5.11 Å². The standard InChI is InChI=1S/C20H13N3O7S2/c24-20-18(32(28,29)30)11-13-10-14(31(26,27)23-25)8-9-16(13)19(20)22-21-17-7-3-5-12-4-1-2-6-15(12)17/h1-11,24H,(H,28,29,30). The van der Waals surface area contributed by atoms with E-state index in [2.05, 4.69) is 14.8 Å². The van der Waals surface area contributed by atoms with E-state index in [9.17, 15) is 31.4 Å². The smallest absolute Gasteiger partial charge is 0.316 e. The first kappa shape index (κ1) is 21.5. The third kappa shape index (κ3) is 3.82. The van der Waals surface area contributed by atoms with E-state index >= 15 is 0 Å². The van der Waals surface area contributed by atoms with E-state index in [1.807, 2.05) is 18.2 Å². The van der Waals surface area contributed by atoms with E-state index in [0.29, 0.717) is 5.69 Å². The Kier molecular flexibility index (Phi) is 5.20. The van der Waals surface area contributed by atoms with Gasteiger partial charge in [-0.05, 0) is 35.0 Å². The molecule has 10 nitrogen and oxygen atoms in total. The van der Waals surface area contributed by atoms with Crippen LogP contribution in [-0.2, 0) is 20.1 Å². The van der Waals surface area contributed by atoms with Crippen molar-refractivity contribution in [2.24, 2.45) is 14.8 Å². The molecule has 0 aliphatic heterocycles. The molecule has 4 rings (SSSR count). The van der Waals surface area contributed by atoms with Crippen molar-refractivity contribution in [1.82, 2.24) is 0 Å². The molecule has 0 saturated heterocycles. The van der Waals surface area contributed by atoms with E-state index in [4.69, 9.17) is 0 Å². The highest BCUT2D eigenvalue weighted by Crippen LogP contribution is 2.42. The lowest BCUT2D eigenvalue weighted by Crippen LogP contribution is -2.00. The Labute approximate surface area is 181 Å². The van der Waals surface area contributed by atoms with Crippen LogP contribution in [0.2, 0.25) is 0 Å². The van der Waals surface area contributed by atoms with Gasteiger partial charge in [0.1, 0.15) is 10.6 Å². The molecule has 0 spiro atoms. The Balaban J connectivity index is 1.99. The fourth-order valence-corrected chi connectivity index (χ4v) is 4.45. The first-order chi connectivity index (χ1) is 15.1. The number of nitrogens with zero attached hydrogens (tertiary/aromatic N) is 3. The fraction of sp³-hybridized carbons (Fsp3) is 0. The van der Waals surface area contributed by atoms with E-state index < -0.39 is 35.7 Å². The van der Waals surface area contributed by atoms with Crippen LogP contribution >= 0.6 is 0 Å². The van der Waals surface area contributed by atoms with Crippen molar-refractivity contribution in [3.8, 4) is 5.75 Å². The summed E-state index contributed by atoms with van der Waals surface area (Å²) in [5.41, 5.74) is 0.114. The number of fused-ring (bicyclic) bond motifs is 2. The van der Waals surface area contributed by atoms with Crippen molar-refractivity contribution in [3.05, 3.63) is 71.6 Å². The second-order valence-corrected chi connectivity index (χ2v) is 9.64. The van der Waals surface area contributed by atoms with Gasteiger partial charge in [-0.3, -0.25) is 4.55 Å². The summed E-state index contributed by atoms with van der Waals surface area (Å²) in [6.45, 7) is 0. The summed E-state index contributed by atoms with van der Waals surface area (Å²) in [5.74, 6) is -0.867. The van der Waals surface area contributed by atoms with Gasteiger partial charge in [0.2, 0.25) is 0 Å². The van der Waals surface area contributed by atoms with Gasteiger partial charge in [-0.15, -0.1) is 15.1 Å². The van der Waals surface area contributed by atoms with Crippen LogP contribution in [0.15, 0.2) is 91.3 Å². The summed E-state index contributed by atoms with van der Waals surface area (Å²) < 4.78 is 58.7. The number of sulfonamides is 1. The highest BCUT2D eigenvalue weighted by Gasteiger charge is 2.23. The number of phenols is 1. The number of azo groups is 1. The van der Waals surface area contributed by atoms with Crippen molar-refractivity contribution in [1.29, 1.82) is 0 Å². The molecule has 12 heteroatoms. The summed E-state index contributed by atoms with van der Waals surface area (Å²) in [6, 6.07) is 16.7. The molecule has 0 unspecified atom stereocenters. The Morgan fingerprint density at radius 3 is 2.19 bits per heavy atom. The van der Waals surface area contributed by atoms with Gasteiger partial charge in [0, 0.05) is 10.8 Å². The number of rotatable bonds is 5. The molecule has 0 radical (unpaired) electrons. The third-order valence-corrected chi connectivity index (χ3v) is 6.63. The van der Waals surface area contributed by atoms with Gasteiger partial charge in [0.05, 0.1) is 15.2 Å². The monoisotopic (exact) mass is 471 g/mol. The lowest BCUT2D eigenvalue weighted by Gasteiger charge is -2.09. The van der Waals surface area contributed by atoms with Crippen LogP contribution in [0, 0.1) is 4.91 Å². The number of aromatic hydroxyl groups is 1. The quantitative estimate of drug-likeness (QED) is 0.239. The van der Waals surface area contributed by atoms with Gasteiger partial charge in [-0.2, -0.15) is 16.8 Å². The summed E-state index contributed by atoms with van der Waals surface area (Å²) in [7, 11) is -9.40. The molecular formula is C20H13N3O7S2.